The first-order valence-electron chi connectivity index (χ1n) is 3.13. The van der Waals surface area contributed by atoms with Gasteiger partial charge in [0.05, 0.1) is 0 Å². The standard InChI is InChI=1S/C8H11FO/c1-7(6-10)4-3-5-8(2)9/h3,5-7H,2,4H2,1H3/b5-3-. The van der Waals surface area contributed by atoms with E-state index in [9.17, 15) is 9.18 Å². The van der Waals surface area contributed by atoms with Crippen molar-refractivity contribution in [2.75, 3.05) is 0 Å². The van der Waals surface area contributed by atoms with E-state index in [0.717, 1.165) is 6.29 Å². The highest BCUT2D eigenvalue weighted by Crippen LogP contribution is 2.01. The maximum atomic E-state index is 11.9. The van der Waals surface area contributed by atoms with Gasteiger partial charge in [-0.05, 0) is 12.5 Å². The van der Waals surface area contributed by atoms with Crippen molar-refractivity contribution in [2.24, 2.45) is 5.92 Å². The molecule has 1 nitrogen and oxygen atoms in total. The van der Waals surface area contributed by atoms with Crippen LogP contribution in [0.4, 0.5) is 4.39 Å². The maximum absolute atomic E-state index is 11.9. The fourth-order valence-corrected chi connectivity index (χ4v) is 0.466. The van der Waals surface area contributed by atoms with Crippen LogP contribution < -0.4 is 0 Å². The molecule has 0 aromatic rings. The van der Waals surface area contributed by atoms with Gasteiger partial charge in [-0.25, -0.2) is 4.39 Å². The Bertz CT molecular complexity index is 149. The molecule has 1 atom stereocenters. The maximum Gasteiger partial charge on any atom is 0.123 e. The number of allylic oxidation sites excluding steroid dienone is 3. The van der Waals surface area contributed by atoms with Crippen molar-refractivity contribution < 1.29 is 9.18 Å². The smallest absolute Gasteiger partial charge is 0.123 e. The molecule has 0 spiro atoms. The minimum Gasteiger partial charge on any atom is -0.303 e. The van der Waals surface area contributed by atoms with Crippen molar-refractivity contribution in [3.63, 3.8) is 0 Å². The average molecular weight is 142 g/mol. The van der Waals surface area contributed by atoms with Crippen molar-refractivity contribution in [1.82, 2.24) is 0 Å². The van der Waals surface area contributed by atoms with Crippen LogP contribution in [0.2, 0.25) is 0 Å². The summed E-state index contributed by atoms with van der Waals surface area (Å²) in [6.07, 6.45) is 4.28. The van der Waals surface area contributed by atoms with Gasteiger partial charge in [-0.1, -0.05) is 19.6 Å². The van der Waals surface area contributed by atoms with Gasteiger partial charge in [-0.3, -0.25) is 0 Å². The van der Waals surface area contributed by atoms with E-state index in [2.05, 4.69) is 6.58 Å². The topological polar surface area (TPSA) is 17.1 Å². The molecule has 0 bridgehead atoms. The molecule has 10 heavy (non-hydrogen) atoms. The van der Waals surface area contributed by atoms with Crippen molar-refractivity contribution in [1.29, 1.82) is 0 Å². The van der Waals surface area contributed by atoms with Crippen LogP contribution in [0.3, 0.4) is 0 Å². The van der Waals surface area contributed by atoms with E-state index in [-0.39, 0.29) is 5.92 Å². The zero-order valence-electron chi connectivity index (χ0n) is 6.01. The molecule has 0 aromatic heterocycles. The number of hydrogen-bond acceptors (Lipinski definition) is 1. The Morgan fingerprint density at radius 2 is 2.40 bits per heavy atom. The van der Waals surface area contributed by atoms with Crippen LogP contribution in [0.1, 0.15) is 13.3 Å². The normalized spacial score (nSPS) is 13.4. The summed E-state index contributed by atoms with van der Waals surface area (Å²) in [5.41, 5.74) is 0. The van der Waals surface area contributed by atoms with E-state index in [1.54, 1.807) is 13.0 Å². The zero-order valence-corrected chi connectivity index (χ0v) is 6.01. The zero-order chi connectivity index (χ0) is 7.98. The summed E-state index contributed by atoms with van der Waals surface area (Å²) in [5, 5.41) is 0. The van der Waals surface area contributed by atoms with E-state index < -0.39 is 5.83 Å². The van der Waals surface area contributed by atoms with Gasteiger partial charge in [0, 0.05) is 5.92 Å². The Labute approximate surface area is 60.2 Å². The SMILES string of the molecule is C=C(F)/C=C\CC(C)C=O. The fraction of sp³-hybridized carbons (Fsp3) is 0.375. The molecule has 0 aliphatic heterocycles. The highest BCUT2D eigenvalue weighted by molar-refractivity contribution is 5.53. The summed E-state index contributed by atoms with van der Waals surface area (Å²) in [7, 11) is 0. The number of hydrogen-bond donors (Lipinski definition) is 0. The highest BCUT2D eigenvalue weighted by Gasteiger charge is 1.93. The number of carbonyl (C=O) groups excluding carboxylic acids is 1. The minimum atomic E-state index is -0.474. The molecular weight excluding hydrogens is 131 g/mol. The largest absolute Gasteiger partial charge is 0.303 e. The van der Waals surface area contributed by atoms with Gasteiger partial charge >= 0.3 is 0 Å². The molecule has 0 aromatic carbocycles. The van der Waals surface area contributed by atoms with Crippen LogP contribution in [0.25, 0.3) is 0 Å². The third kappa shape index (κ3) is 5.22. The molecule has 2 heteroatoms. The summed E-state index contributed by atoms with van der Waals surface area (Å²) in [5.74, 6) is -0.506. The number of aldehydes is 1. The van der Waals surface area contributed by atoms with Crippen LogP contribution in [0.5, 0.6) is 0 Å². The molecule has 0 aliphatic rings. The summed E-state index contributed by atoms with van der Waals surface area (Å²) in [6, 6.07) is 0. The van der Waals surface area contributed by atoms with Crippen LogP contribution in [-0.4, -0.2) is 6.29 Å². The molecule has 1 unspecified atom stereocenters. The van der Waals surface area contributed by atoms with Crippen LogP contribution in [0.15, 0.2) is 24.6 Å². The molecular formula is C8H11FO. The van der Waals surface area contributed by atoms with Crippen LogP contribution in [-0.2, 0) is 4.79 Å². The van der Waals surface area contributed by atoms with Gasteiger partial charge in [0.15, 0.2) is 0 Å². The summed E-state index contributed by atoms with van der Waals surface area (Å²) in [4.78, 5) is 10.0. The quantitative estimate of drug-likeness (QED) is 0.434. The molecule has 0 saturated carbocycles. The monoisotopic (exact) mass is 142 g/mol. The Morgan fingerprint density at radius 1 is 1.80 bits per heavy atom. The number of carbonyl (C=O) groups is 1. The van der Waals surface area contributed by atoms with Gasteiger partial charge in [-0.15, -0.1) is 0 Å². The Hall–Kier alpha value is -0.920. The number of rotatable bonds is 4. The molecule has 56 valence electrons. The third-order valence-electron chi connectivity index (χ3n) is 1.04. The summed E-state index contributed by atoms with van der Waals surface area (Å²) < 4.78 is 11.9. The van der Waals surface area contributed by atoms with Crippen LogP contribution in [0, 0.1) is 5.92 Å². The van der Waals surface area contributed by atoms with E-state index in [0.29, 0.717) is 6.42 Å². The first-order chi connectivity index (χ1) is 4.66. The lowest BCUT2D eigenvalue weighted by molar-refractivity contribution is -0.110. The van der Waals surface area contributed by atoms with E-state index in [1.165, 1.54) is 6.08 Å². The van der Waals surface area contributed by atoms with Crippen molar-refractivity contribution in [3.8, 4) is 0 Å². The minimum absolute atomic E-state index is 0.0319. The van der Waals surface area contributed by atoms with Gasteiger partial charge in [0.2, 0.25) is 0 Å². The third-order valence-corrected chi connectivity index (χ3v) is 1.04. The Kier molecular flexibility index (Phi) is 4.46. The van der Waals surface area contributed by atoms with Crippen molar-refractivity contribution in [3.05, 3.63) is 24.6 Å². The molecule has 0 fully saturated rings. The average Bonchev–Trinajstić information content (AvgIpc) is 1.87. The number of halogens is 1. The van der Waals surface area contributed by atoms with Crippen molar-refractivity contribution in [2.45, 2.75) is 13.3 Å². The second-order valence-electron chi connectivity index (χ2n) is 2.20. The first-order valence-corrected chi connectivity index (χ1v) is 3.13. The van der Waals surface area contributed by atoms with Crippen LogP contribution >= 0.6 is 0 Å². The highest BCUT2D eigenvalue weighted by atomic mass is 19.1. The lowest BCUT2D eigenvalue weighted by atomic mass is 10.1. The van der Waals surface area contributed by atoms with Gasteiger partial charge < -0.3 is 4.79 Å². The lowest BCUT2D eigenvalue weighted by Crippen LogP contribution is -1.91. The summed E-state index contributed by atoms with van der Waals surface area (Å²) in [6.45, 7) is 4.81. The molecule has 0 saturated heterocycles. The molecule has 0 aliphatic carbocycles. The predicted octanol–water partition coefficient (Wildman–Crippen LogP) is 2.25. The van der Waals surface area contributed by atoms with Gasteiger partial charge in [0.25, 0.3) is 0 Å². The second-order valence-corrected chi connectivity index (χ2v) is 2.20. The predicted molar refractivity (Wildman–Crippen MR) is 39.2 cm³/mol. The molecule has 0 N–H and O–H groups in total. The lowest BCUT2D eigenvalue weighted by Gasteiger charge is -1.93. The molecule has 0 heterocycles. The Morgan fingerprint density at radius 3 is 2.80 bits per heavy atom. The van der Waals surface area contributed by atoms with Crippen molar-refractivity contribution >= 4 is 6.29 Å². The van der Waals surface area contributed by atoms with Gasteiger partial charge in [-0.2, -0.15) is 0 Å². The fourth-order valence-electron chi connectivity index (χ4n) is 0.466. The van der Waals surface area contributed by atoms with Gasteiger partial charge in [0.1, 0.15) is 12.1 Å². The van der Waals surface area contributed by atoms with E-state index >= 15 is 0 Å². The molecule has 0 amide bonds. The first kappa shape index (κ1) is 9.08. The molecule has 0 radical (unpaired) electrons. The Balaban J connectivity index is 3.52. The summed E-state index contributed by atoms with van der Waals surface area (Å²) >= 11 is 0. The van der Waals surface area contributed by atoms with E-state index in [1.807, 2.05) is 0 Å². The second kappa shape index (κ2) is 4.91. The van der Waals surface area contributed by atoms with E-state index in [4.69, 9.17) is 0 Å². The molecule has 0 rings (SSSR count).